The third kappa shape index (κ3) is 2.60. The second kappa shape index (κ2) is 6.34. The Labute approximate surface area is 145 Å². The molecular weight excluding hydrogens is 320 g/mol. The average molecular weight is 338 g/mol. The molecule has 0 fully saturated rings. The van der Waals surface area contributed by atoms with Crippen molar-refractivity contribution in [1.82, 2.24) is 9.55 Å². The number of benzene rings is 2. The zero-order valence-electron chi connectivity index (χ0n) is 13.4. The van der Waals surface area contributed by atoms with Gasteiger partial charge in [-0.1, -0.05) is 48.2 Å². The quantitative estimate of drug-likeness (QED) is 0.785. The van der Waals surface area contributed by atoms with Crippen molar-refractivity contribution in [2.24, 2.45) is 0 Å². The highest BCUT2D eigenvalue weighted by Crippen LogP contribution is 2.34. The highest BCUT2D eigenvalue weighted by molar-refractivity contribution is 7.99. The Morgan fingerprint density at radius 2 is 1.67 bits per heavy atom. The van der Waals surface area contributed by atoms with Crippen molar-refractivity contribution in [1.29, 1.82) is 0 Å². The third-order valence-electron chi connectivity index (χ3n) is 4.32. The van der Waals surface area contributed by atoms with E-state index in [2.05, 4.69) is 41.0 Å². The first-order valence-electron chi connectivity index (χ1n) is 7.88. The molecule has 122 valence electrons. The summed E-state index contributed by atoms with van der Waals surface area (Å²) in [6.07, 6.45) is 0. The Morgan fingerprint density at radius 1 is 1.04 bits per heavy atom. The number of methoxy groups -OCH3 is 1. The van der Waals surface area contributed by atoms with Crippen LogP contribution in [0.1, 0.15) is 5.69 Å². The summed E-state index contributed by atoms with van der Waals surface area (Å²) in [5.41, 5.74) is 5.13. The van der Waals surface area contributed by atoms with Crippen LogP contribution in [0.2, 0.25) is 0 Å². The van der Waals surface area contributed by atoms with E-state index < -0.39 is 0 Å². The number of fused-ring (bicyclic) bond motifs is 1. The van der Waals surface area contributed by atoms with E-state index in [1.807, 2.05) is 12.1 Å². The van der Waals surface area contributed by atoms with Crippen LogP contribution in [0, 0.1) is 0 Å². The van der Waals surface area contributed by atoms with Gasteiger partial charge >= 0.3 is 0 Å². The van der Waals surface area contributed by atoms with Gasteiger partial charge in [-0.2, -0.15) is 0 Å². The van der Waals surface area contributed by atoms with Crippen LogP contribution in [0.4, 0.5) is 0 Å². The number of nitrogens with zero attached hydrogens (tertiary/aromatic N) is 2. The van der Waals surface area contributed by atoms with Crippen molar-refractivity contribution in [2.75, 3.05) is 12.9 Å². The van der Waals surface area contributed by atoms with Gasteiger partial charge in [-0.3, -0.25) is 0 Å². The first-order valence-corrected chi connectivity index (χ1v) is 8.86. The summed E-state index contributed by atoms with van der Waals surface area (Å²) in [5.74, 6) is 1.89. The Morgan fingerprint density at radius 3 is 2.29 bits per heavy atom. The maximum absolute atomic E-state index is 9.73. The maximum Gasteiger partial charge on any atom is 0.168 e. The second-order valence-corrected chi connectivity index (χ2v) is 6.72. The number of hydrogen-bond donors (Lipinski definition) is 1. The number of ether oxygens (including phenoxy) is 1. The molecule has 0 saturated carbocycles. The van der Waals surface area contributed by atoms with Crippen molar-refractivity contribution in [2.45, 2.75) is 18.3 Å². The van der Waals surface area contributed by atoms with Crippen molar-refractivity contribution >= 4 is 11.8 Å². The first kappa shape index (κ1) is 15.3. The fourth-order valence-electron chi connectivity index (χ4n) is 3.03. The number of rotatable bonds is 4. The highest BCUT2D eigenvalue weighted by Gasteiger charge is 2.21. The van der Waals surface area contributed by atoms with E-state index in [-0.39, 0.29) is 6.61 Å². The summed E-state index contributed by atoms with van der Waals surface area (Å²) in [6.45, 7) is 0.940. The van der Waals surface area contributed by atoms with E-state index in [1.165, 1.54) is 0 Å². The largest absolute Gasteiger partial charge is 0.497 e. The van der Waals surface area contributed by atoms with Crippen LogP contribution in [-0.4, -0.2) is 27.5 Å². The molecule has 0 spiro atoms. The fourth-order valence-corrected chi connectivity index (χ4v) is 4.00. The Kier molecular flexibility index (Phi) is 4.04. The van der Waals surface area contributed by atoms with Gasteiger partial charge in [0, 0.05) is 17.9 Å². The SMILES string of the molecule is COc1ccc(-c2ccc(-c3nc4n(c3CO)CCS4)cc2)cc1. The standard InChI is InChI=1S/C19H18N2O2S/c1-23-16-8-6-14(7-9-16)13-2-4-15(5-3-13)18-17(12-22)21-10-11-24-19(21)20-18/h2-9,22H,10-12H2,1H3. The Balaban J connectivity index is 1.66. The van der Waals surface area contributed by atoms with Crippen molar-refractivity contribution in [3.63, 3.8) is 0 Å². The minimum Gasteiger partial charge on any atom is -0.497 e. The van der Waals surface area contributed by atoms with Crippen molar-refractivity contribution < 1.29 is 9.84 Å². The molecule has 0 unspecified atom stereocenters. The molecule has 2 heterocycles. The molecule has 0 amide bonds. The molecule has 1 aliphatic rings. The molecule has 5 heteroatoms. The van der Waals surface area contributed by atoms with Gasteiger partial charge < -0.3 is 14.4 Å². The minimum atomic E-state index is 0.0170. The smallest absolute Gasteiger partial charge is 0.168 e. The first-order chi connectivity index (χ1) is 11.8. The van der Waals surface area contributed by atoms with Gasteiger partial charge in [0.25, 0.3) is 0 Å². The molecule has 4 nitrogen and oxygen atoms in total. The van der Waals surface area contributed by atoms with Crippen molar-refractivity contribution in [3.8, 4) is 28.1 Å². The lowest BCUT2D eigenvalue weighted by Gasteiger charge is -2.07. The van der Waals surface area contributed by atoms with E-state index in [0.29, 0.717) is 0 Å². The molecule has 1 aromatic heterocycles. The van der Waals surface area contributed by atoms with Crippen molar-refractivity contribution in [3.05, 3.63) is 54.2 Å². The van der Waals surface area contributed by atoms with Gasteiger partial charge in [0.1, 0.15) is 5.75 Å². The summed E-state index contributed by atoms with van der Waals surface area (Å²) < 4.78 is 7.32. The lowest BCUT2D eigenvalue weighted by Crippen LogP contribution is -2.01. The summed E-state index contributed by atoms with van der Waals surface area (Å²) >= 11 is 1.75. The molecule has 1 aliphatic heterocycles. The number of aliphatic hydroxyl groups excluding tert-OH is 1. The van der Waals surface area contributed by atoms with E-state index in [4.69, 9.17) is 9.72 Å². The summed E-state index contributed by atoms with van der Waals surface area (Å²) in [7, 11) is 1.67. The Hall–Kier alpha value is -2.24. The van der Waals surface area contributed by atoms with Crippen LogP contribution in [0.3, 0.4) is 0 Å². The van der Waals surface area contributed by atoms with Gasteiger partial charge in [-0.25, -0.2) is 4.98 Å². The predicted molar refractivity (Wildman–Crippen MR) is 96.3 cm³/mol. The van der Waals surface area contributed by atoms with Crippen LogP contribution in [0.5, 0.6) is 5.75 Å². The molecule has 0 bridgehead atoms. The second-order valence-electron chi connectivity index (χ2n) is 5.65. The maximum atomic E-state index is 9.73. The molecular formula is C19H18N2O2S. The lowest BCUT2D eigenvalue weighted by molar-refractivity contribution is 0.271. The van der Waals surface area contributed by atoms with Crippen LogP contribution in [0.15, 0.2) is 53.7 Å². The van der Waals surface area contributed by atoms with E-state index in [1.54, 1.807) is 18.9 Å². The molecule has 24 heavy (non-hydrogen) atoms. The predicted octanol–water partition coefficient (Wildman–Crippen LogP) is 3.82. The van der Waals surface area contributed by atoms with Gasteiger partial charge in [0.15, 0.2) is 5.16 Å². The molecule has 0 atom stereocenters. The van der Waals surface area contributed by atoms with E-state index in [0.717, 1.165) is 51.3 Å². The van der Waals surface area contributed by atoms with Crippen LogP contribution < -0.4 is 4.74 Å². The number of aromatic nitrogens is 2. The summed E-state index contributed by atoms with van der Waals surface area (Å²) in [5, 5.41) is 10.7. The van der Waals surface area contributed by atoms with Gasteiger partial charge in [0.05, 0.1) is 25.1 Å². The zero-order chi connectivity index (χ0) is 16.5. The topological polar surface area (TPSA) is 47.3 Å². The average Bonchev–Trinajstić information content (AvgIpc) is 3.23. The number of imidazole rings is 1. The van der Waals surface area contributed by atoms with E-state index in [9.17, 15) is 5.11 Å². The molecule has 0 radical (unpaired) electrons. The van der Waals surface area contributed by atoms with Gasteiger partial charge in [-0.15, -0.1) is 0 Å². The fraction of sp³-hybridized carbons (Fsp3) is 0.211. The van der Waals surface area contributed by atoms with Gasteiger partial charge in [0.2, 0.25) is 0 Å². The minimum absolute atomic E-state index is 0.0170. The Bertz CT molecular complexity index is 854. The van der Waals surface area contributed by atoms with E-state index >= 15 is 0 Å². The molecule has 3 aromatic rings. The van der Waals surface area contributed by atoms with Crippen LogP contribution >= 0.6 is 11.8 Å². The summed E-state index contributed by atoms with van der Waals surface area (Å²) in [6, 6.07) is 16.4. The molecule has 0 saturated heterocycles. The number of hydrogen-bond acceptors (Lipinski definition) is 4. The monoisotopic (exact) mass is 338 g/mol. The summed E-state index contributed by atoms with van der Waals surface area (Å²) in [4.78, 5) is 4.71. The third-order valence-corrected chi connectivity index (χ3v) is 5.27. The molecule has 2 aromatic carbocycles. The normalized spacial score (nSPS) is 13.1. The number of thioether (sulfide) groups is 1. The zero-order valence-corrected chi connectivity index (χ0v) is 14.2. The molecule has 1 N–H and O–H groups in total. The van der Waals surface area contributed by atoms with Crippen LogP contribution in [0.25, 0.3) is 22.4 Å². The number of aliphatic hydroxyl groups is 1. The van der Waals surface area contributed by atoms with Crippen LogP contribution in [-0.2, 0) is 13.2 Å². The highest BCUT2D eigenvalue weighted by atomic mass is 32.2. The molecule has 4 rings (SSSR count). The molecule has 0 aliphatic carbocycles. The van der Waals surface area contributed by atoms with Gasteiger partial charge in [-0.05, 0) is 23.3 Å². The lowest BCUT2D eigenvalue weighted by atomic mass is 10.0.